The van der Waals surface area contributed by atoms with Crippen molar-refractivity contribution in [1.29, 1.82) is 0 Å². The third-order valence-electron chi connectivity index (χ3n) is 3.98. The lowest BCUT2D eigenvalue weighted by molar-refractivity contribution is 0.0861. The number of piperazine rings is 1. The first-order chi connectivity index (χ1) is 7.95. The van der Waals surface area contributed by atoms with Crippen LogP contribution in [-0.4, -0.2) is 31.1 Å². The molecule has 1 N–H and O–H groups in total. The summed E-state index contributed by atoms with van der Waals surface area (Å²) in [6.07, 6.45) is 4.32. The SMILES string of the molecule is Cl.Cl.c1csc([C@@H](C2CCC2)N2CCNCC2)c1. The fourth-order valence-corrected chi connectivity index (χ4v) is 3.84. The van der Waals surface area contributed by atoms with Gasteiger partial charge in [0.1, 0.15) is 0 Å². The molecular formula is C13H22Cl2N2S. The highest BCUT2D eigenvalue weighted by Crippen LogP contribution is 2.42. The zero-order chi connectivity index (χ0) is 10.8. The molecule has 0 amide bonds. The van der Waals surface area contributed by atoms with E-state index >= 15 is 0 Å². The lowest BCUT2D eigenvalue weighted by Crippen LogP contribution is -2.47. The van der Waals surface area contributed by atoms with Crippen LogP contribution in [0.1, 0.15) is 30.2 Å². The molecule has 2 fully saturated rings. The standard InChI is InChI=1S/C13H20N2S.2ClH/c1-3-11(4-1)13(12-5-2-10-16-12)15-8-6-14-7-9-15;;/h2,5,10-11,13-14H,1,3-4,6-9H2;2*1H/t13-;;/m1../s1. The van der Waals surface area contributed by atoms with E-state index in [1.54, 1.807) is 4.88 Å². The number of hydrogen-bond acceptors (Lipinski definition) is 3. The average molecular weight is 309 g/mol. The van der Waals surface area contributed by atoms with Crippen molar-refractivity contribution >= 4 is 36.2 Å². The van der Waals surface area contributed by atoms with Gasteiger partial charge in [0.2, 0.25) is 0 Å². The van der Waals surface area contributed by atoms with Crippen molar-refractivity contribution in [1.82, 2.24) is 10.2 Å². The minimum Gasteiger partial charge on any atom is -0.314 e. The molecule has 0 radical (unpaired) electrons. The number of nitrogens with zero attached hydrogens (tertiary/aromatic N) is 1. The van der Waals surface area contributed by atoms with Crippen LogP contribution in [0, 0.1) is 5.92 Å². The monoisotopic (exact) mass is 308 g/mol. The molecule has 3 rings (SSSR count). The van der Waals surface area contributed by atoms with Crippen LogP contribution in [0.5, 0.6) is 0 Å². The molecule has 5 heteroatoms. The molecule has 1 aliphatic heterocycles. The van der Waals surface area contributed by atoms with E-state index in [0.717, 1.165) is 25.0 Å². The summed E-state index contributed by atoms with van der Waals surface area (Å²) in [5.41, 5.74) is 0. The molecule has 1 saturated carbocycles. The zero-order valence-corrected chi connectivity index (χ0v) is 13.0. The first-order valence-corrected chi connectivity index (χ1v) is 7.31. The Kier molecular flexibility index (Phi) is 6.96. The average Bonchev–Trinajstić information content (AvgIpc) is 2.77. The molecular weight excluding hydrogens is 287 g/mol. The topological polar surface area (TPSA) is 15.3 Å². The summed E-state index contributed by atoms with van der Waals surface area (Å²) in [5.74, 6) is 0.928. The lowest BCUT2D eigenvalue weighted by atomic mass is 9.78. The van der Waals surface area contributed by atoms with E-state index in [4.69, 9.17) is 0 Å². The number of thiophene rings is 1. The molecule has 18 heavy (non-hydrogen) atoms. The first kappa shape index (κ1) is 16.3. The molecule has 0 spiro atoms. The van der Waals surface area contributed by atoms with Crippen LogP contribution in [-0.2, 0) is 0 Å². The summed E-state index contributed by atoms with van der Waals surface area (Å²) in [6, 6.07) is 5.25. The van der Waals surface area contributed by atoms with Gasteiger partial charge in [-0.25, -0.2) is 0 Å². The highest BCUT2D eigenvalue weighted by molar-refractivity contribution is 7.10. The van der Waals surface area contributed by atoms with Gasteiger partial charge in [0.25, 0.3) is 0 Å². The molecule has 2 nitrogen and oxygen atoms in total. The maximum atomic E-state index is 3.45. The van der Waals surface area contributed by atoms with Crippen LogP contribution in [0.2, 0.25) is 0 Å². The Labute approximate surface area is 126 Å². The quantitative estimate of drug-likeness (QED) is 0.921. The van der Waals surface area contributed by atoms with Crippen LogP contribution < -0.4 is 5.32 Å². The van der Waals surface area contributed by atoms with E-state index in [9.17, 15) is 0 Å². The summed E-state index contributed by atoms with van der Waals surface area (Å²) < 4.78 is 0. The summed E-state index contributed by atoms with van der Waals surface area (Å²) >= 11 is 1.94. The highest BCUT2D eigenvalue weighted by atomic mass is 35.5. The Bertz CT molecular complexity index is 322. The smallest absolute Gasteiger partial charge is 0.0470 e. The summed E-state index contributed by atoms with van der Waals surface area (Å²) in [5, 5.41) is 5.68. The van der Waals surface area contributed by atoms with Gasteiger partial charge in [-0.05, 0) is 30.2 Å². The van der Waals surface area contributed by atoms with E-state index in [0.29, 0.717) is 0 Å². The van der Waals surface area contributed by atoms with Gasteiger partial charge in [0.15, 0.2) is 0 Å². The van der Waals surface area contributed by atoms with Crippen LogP contribution in [0.4, 0.5) is 0 Å². The van der Waals surface area contributed by atoms with Crippen molar-refractivity contribution < 1.29 is 0 Å². The molecule has 1 aliphatic carbocycles. The second-order valence-electron chi connectivity index (χ2n) is 4.94. The predicted octanol–water partition coefficient (Wildman–Crippen LogP) is 3.34. The predicted molar refractivity (Wildman–Crippen MR) is 83.3 cm³/mol. The fraction of sp³-hybridized carbons (Fsp3) is 0.692. The van der Waals surface area contributed by atoms with E-state index in [1.165, 1.54) is 32.4 Å². The van der Waals surface area contributed by atoms with Gasteiger partial charge in [0.05, 0.1) is 0 Å². The molecule has 0 unspecified atom stereocenters. The van der Waals surface area contributed by atoms with Gasteiger partial charge in [0, 0.05) is 37.1 Å². The van der Waals surface area contributed by atoms with Crippen LogP contribution in [0.15, 0.2) is 17.5 Å². The van der Waals surface area contributed by atoms with Gasteiger partial charge in [-0.3, -0.25) is 4.90 Å². The van der Waals surface area contributed by atoms with Crippen molar-refractivity contribution in [3.8, 4) is 0 Å². The molecule has 1 aromatic rings. The third kappa shape index (κ3) is 3.40. The Balaban J connectivity index is 0.000000810. The second-order valence-corrected chi connectivity index (χ2v) is 5.92. The molecule has 1 aromatic heterocycles. The second kappa shape index (κ2) is 7.71. The number of nitrogens with one attached hydrogen (secondary N) is 1. The van der Waals surface area contributed by atoms with Gasteiger partial charge in [-0.1, -0.05) is 12.5 Å². The maximum absolute atomic E-state index is 3.45. The van der Waals surface area contributed by atoms with Crippen molar-refractivity contribution in [2.45, 2.75) is 25.3 Å². The normalized spacial score (nSPS) is 22.4. The molecule has 2 aliphatic rings. The van der Waals surface area contributed by atoms with Crippen LogP contribution in [0.3, 0.4) is 0 Å². The maximum Gasteiger partial charge on any atom is 0.0470 e. The number of hydrogen-bond donors (Lipinski definition) is 1. The van der Waals surface area contributed by atoms with E-state index in [2.05, 4.69) is 27.7 Å². The fourth-order valence-electron chi connectivity index (χ4n) is 2.89. The summed E-state index contributed by atoms with van der Waals surface area (Å²) in [6.45, 7) is 4.77. The first-order valence-electron chi connectivity index (χ1n) is 6.43. The minimum atomic E-state index is 0. The summed E-state index contributed by atoms with van der Waals surface area (Å²) in [7, 11) is 0. The van der Waals surface area contributed by atoms with E-state index in [1.807, 2.05) is 11.3 Å². The molecule has 0 bridgehead atoms. The third-order valence-corrected chi connectivity index (χ3v) is 4.92. The molecule has 2 heterocycles. The van der Waals surface area contributed by atoms with Gasteiger partial charge in [-0.15, -0.1) is 36.2 Å². The minimum absolute atomic E-state index is 0. The van der Waals surface area contributed by atoms with Crippen LogP contribution >= 0.6 is 36.2 Å². The zero-order valence-electron chi connectivity index (χ0n) is 10.5. The Morgan fingerprint density at radius 2 is 1.94 bits per heavy atom. The number of halogens is 2. The molecule has 1 atom stereocenters. The molecule has 1 saturated heterocycles. The largest absolute Gasteiger partial charge is 0.314 e. The lowest BCUT2D eigenvalue weighted by Gasteiger charge is -2.42. The Morgan fingerprint density at radius 1 is 1.22 bits per heavy atom. The van der Waals surface area contributed by atoms with Crippen molar-refractivity contribution in [2.24, 2.45) is 5.92 Å². The van der Waals surface area contributed by atoms with Gasteiger partial charge in [-0.2, -0.15) is 0 Å². The number of rotatable bonds is 3. The Hall–Kier alpha value is 0.200. The van der Waals surface area contributed by atoms with E-state index < -0.39 is 0 Å². The van der Waals surface area contributed by atoms with Gasteiger partial charge < -0.3 is 5.32 Å². The van der Waals surface area contributed by atoms with Gasteiger partial charge >= 0.3 is 0 Å². The van der Waals surface area contributed by atoms with E-state index in [-0.39, 0.29) is 24.8 Å². The highest BCUT2D eigenvalue weighted by Gasteiger charge is 2.33. The van der Waals surface area contributed by atoms with Crippen LogP contribution in [0.25, 0.3) is 0 Å². The summed E-state index contributed by atoms with van der Waals surface area (Å²) in [4.78, 5) is 4.29. The molecule has 0 aromatic carbocycles. The van der Waals surface area contributed by atoms with Crippen molar-refractivity contribution in [2.75, 3.05) is 26.2 Å². The van der Waals surface area contributed by atoms with Crippen molar-refractivity contribution in [3.05, 3.63) is 22.4 Å². The Morgan fingerprint density at radius 3 is 2.44 bits per heavy atom. The van der Waals surface area contributed by atoms with Crippen molar-refractivity contribution in [3.63, 3.8) is 0 Å². The molecule has 104 valence electrons.